The number of nitriles is 1. The summed E-state index contributed by atoms with van der Waals surface area (Å²) in [5.41, 5.74) is 3.10. The molecule has 0 saturated heterocycles. The Hall–Kier alpha value is -2.51. The monoisotopic (exact) mass is 299 g/mol. The highest BCUT2D eigenvalue weighted by molar-refractivity contribution is 6.32. The van der Waals surface area contributed by atoms with E-state index in [1.807, 2.05) is 37.3 Å². The van der Waals surface area contributed by atoms with E-state index in [1.54, 1.807) is 18.2 Å². The molecule has 0 atom stereocenters. The van der Waals surface area contributed by atoms with Crippen molar-refractivity contribution in [3.63, 3.8) is 0 Å². The summed E-state index contributed by atoms with van der Waals surface area (Å²) >= 11 is 5.91. The Morgan fingerprint density at radius 3 is 2.76 bits per heavy atom. The second-order valence-electron chi connectivity index (χ2n) is 4.60. The Morgan fingerprint density at radius 1 is 1.29 bits per heavy atom. The van der Waals surface area contributed by atoms with Crippen molar-refractivity contribution >= 4 is 23.3 Å². The van der Waals surface area contributed by atoms with E-state index in [-0.39, 0.29) is 6.03 Å². The van der Waals surface area contributed by atoms with E-state index in [9.17, 15) is 4.79 Å². The van der Waals surface area contributed by atoms with Gasteiger partial charge in [0.25, 0.3) is 0 Å². The second kappa shape index (κ2) is 6.78. The Balaban J connectivity index is 1.93. The second-order valence-corrected chi connectivity index (χ2v) is 5.01. The van der Waals surface area contributed by atoms with Crippen LogP contribution < -0.4 is 10.6 Å². The van der Waals surface area contributed by atoms with Crippen molar-refractivity contribution in [2.24, 2.45) is 0 Å². The zero-order valence-corrected chi connectivity index (χ0v) is 12.2. The zero-order valence-electron chi connectivity index (χ0n) is 11.5. The van der Waals surface area contributed by atoms with Crippen molar-refractivity contribution in [2.75, 3.05) is 5.32 Å². The molecule has 0 heterocycles. The Morgan fingerprint density at radius 2 is 2.10 bits per heavy atom. The lowest BCUT2D eigenvalue weighted by Crippen LogP contribution is -2.28. The molecule has 2 aromatic carbocycles. The van der Waals surface area contributed by atoms with Crippen LogP contribution >= 0.6 is 11.6 Å². The summed E-state index contributed by atoms with van der Waals surface area (Å²) in [6.07, 6.45) is 0. The molecule has 0 bridgehead atoms. The first-order valence-electron chi connectivity index (χ1n) is 6.38. The first kappa shape index (κ1) is 14.9. The standard InChI is InChI=1S/C16H14ClN3O/c1-11-3-2-4-12(7-11)10-19-16(21)20-14-6-5-13(9-18)15(17)8-14/h2-8H,10H2,1H3,(H2,19,20,21). The zero-order chi connectivity index (χ0) is 15.2. The van der Waals surface area contributed by atoms with Crippen LogP contribution in [-0.4, -0.2) is 6.03 Å². The van der Waals surface area contributed by atoms with Crippen molar-refractivity contribution in [2.45, 2.75) is 13.5 Å². The number of urea groups is 1. The molecule has 2 amide bonds. The van der Waals surface area contributed by atoms with Crippen LogP contribution in [0.15, 0.2) is 42.5 Å². The van der Waals surface area contributed by atoms with E-state index >= 15 is 0 Å². The van der Waals surface area contributed by atoms with Crippen LogP contribution in [0.2, 0.25) is 5.02 Å². The lowest BCUT2D eigenvalue weighted by molar-refractivity contribution is 0.251. The quantitative estimate of drug-likeness (QED) is 0.904. The Kier molecular flexibility index (Phi) is 4.81. The van der Waals surface area contributed by atoms with Gasteiger partial charge in [0.05, 0.1) is 10.6 Å². The number of carbonyl (C=O) groups is 1. The third-order valence-electron chi connectivity index (χ3n) is 2.88. The van der Waals surface area contributed by atoms with Gasteiger partial charge >= 0.3 is 6.03 Å². The molecular weight excluding hydrogens is 286 g/mol. The van der Waals surface area contributed by atoms with Crippen LogP contribution in [0.3, 0.4) is 0 Å². The number of hydrogen-bond donors (Lipinski definition) is 2. The van der Waals surface area contributed by atoms with Gasteiger partial charge in [-0.2, -0.15) is 5.26 Å². The summed E-state index contributed by atoms with van der Waals surface area (Å²) in [6, 6.07) is 14.3. The number of aryl methyl sites for hydroxylation is 1. The molecule has 5 heteroatoms. The normalized spacial score (nSPS) is 9.76. The molecule has 2 aromatic rings. The molecule has 0 aliphatic rings. The van der Waals surface area contributed by atoms with Gasteiger partial charge in [-0.3, -0.25) is 0 Å². The summed E-state index contributed by atoms with van der Waals surface area (Å²) in [7, 11) is 0. The number of anilines is 1. The van der Waals surface area contributed by atoms with Gasteiger partial charge in [-0.15, -0.1) is 0 Å². The van der Waals surface area contributed by atoms with Crippen LogP contribution in [0.4, 0.5) is 10.5 Å². The number of nitrogens with zero attached hydrogens (tertiary/aromatic N) is 1. The maximum absolute atomic E-state index is 11.8. The molecule has 21 heavy (non-hydrogen) atoms. The molecule has 2 N–H and O–H groups in total. The number of hydrogen-bond acceptors (Lipinski definition) is 2. The smallest absolute Gasteiger partial charge is 0.319 e. The number of benzene rings is 2. The summed E-state index contributed by atoms with van der Waals surface area (Å²) in [6.45, 7) is 2.44. The highest BCUT2D eigenvalue weighted by atomic mass is 35.5. The Bertz CT molecular complexity index is 707. The number of amides is 2. The number of halogens is 1. The van der Waals surface area contributed by atoms with Crippen LogP contribution in [0.1, 0.15) is 16.7 Å². The maximum atomic E-state index is 11.8. The highest BCUT2D eigenvalue weighted by Crippen LogP contribution is 2.20. The van der Waals surface area contributed by atoms with Crippen molar-refractivity contribution in [3.8, 4) is 6.07 Å². The predicted octanol–water partition coefficient (Wildman–Crippen LogP) is 3.84. The molecule has 2 rings (SSSR count). The number of carbonyl (C=O) groups excluding carboxylic acids is 1. The first-order chi connectivity index (χ1) is 10.1. The summed E-state index contributed by atoms with van der Waals surface area (Å²) in [5, 5.41) is 14.5. The van der Waals surface area contributed by atoms with Crippen LogP contribution in [0.25, 0.3) is 0 Å². The fourth-order valence-electron chi connectivity index (χ4n) is 1.86. The van der Waals surface area contributed by atoms with Gasteiger partial charge in [0.2, 0.25) is 0 Å². The molecule has 0 unspecified atom stereocenters. The lowest BCUT2D eigenvalue weighted by Gasteiger charge is -2.09. The van der Waals surface area contributed by atoms with Crippen LogP contribution in [0.5, 0.6) is 0 Å². The summed E-state index contributed by atoms with van der Waals surface area (Å²) in [4.78, 5) is 11.8. The molecule has 0 aliphatic carbocycles. The van der Waals surface area contributed by atoms with E-state index in [2.05, 4.69) is 10.6 Å². The van der Waals surface area contributed by atoms with Gasteiger partial charge in [0, 0.05) is 12.2 Å². The molecule has 0 aromatic heterocycles. The largest absolute Gasteiger partial charge is 0.334 e. The molecule has 0 radical (unpaired) electrons. The molecule has 0 saturated carbocycles. The lowest BCUT2D eigenvalue weighted by atomic mass is 10.1. The SMILES string of the molecule is Cc1cccc(CNC(=O)Nc2ccc(C#N)c(Cl)c2)c1. The fourth-order valence-corrected chi connectivity index (χ4v) is 2.09. The molecule has 0 spiro atoms. The van der Waals surface area contributed by atoms with Crippen molar-refractivity contribution in [1.29, 1.82) is 5.26 Å². The number of rotatable bonds is 3. The average Bonchev–Trinajstić information content (AvgIpc) is 2.45. The van der Waals surface area contributed by atoms with Crippen molar-refractivity contribution < 1.29 is 4.79 Å². The van der Waals surface area contributed by atoms with E-state index in [0.717, 1.165) is 11.1 Å². The van der Waals surface area contributed by atoms with Crippen molar-refractivity contribution in [3.05, 3.63) is 64.2 Å². The minimum atomic E-state index is -0.322. The van der Waals surface area contributed by atoms with E-state index in [4.69, 9.17) is 16.9 Å². The van der Waals surface area contributed by atoms with Gasteiger partial charge in [-0.1, -0.05) is 41.4 Å². The van der Waals surface area contributed by atoms with Crippen LogP contribution in [-0.2, 0) is 6.54 Å². The molecule has 0 aliphatic heterocycles. The maximum Gasteiger partial charge on any atom is 0.319 e. The van der Waals surface area contributed by atoms with E-state index in [1.165, 1.54) is 0 Å². The van der Waals surface area contributed by atoms with E-state index in [0.29, 0.717) is 22.8 Å². The molecule has 106 valence electrons. The molecule has 0 fully saturated rings. The van der Waals surface area contributed by atoms with Gasteiger partial charge < -0.3 is 10.6 Å². The average molecular weight is 300 g/mol. The van der Waals surface area contributed by atoms with Gasteiger partial charge in [0.1, 0.15) is 6.07 Å². The van der Waals surface area contributed by atoms with Crippen molar-refractivity contribution in [1.82, 2.24) is 5.32 Å². The fraction of sp³-hybridized carbons (Fsp3) is 0.125. The third-order valence-corrected chi connectivity index (χ3v) is 3.20. The molecule has 4 nitrogen and oxygen atoms in total. The first-order valence-corrected chi connectivity index (χ1v) is 6.76. The van der Waals surface area contributed by atoms with Gasteiger partial charge in [-0.25, -0.2) is 4.79 Å². The predicted molar refractivity (Wildman–Crippen MR) is 83.2 cm³/mol. The minimum absolute atomic E-state index is 0.314. The van der Waals surface area contributed by atoms with E-state index < -0.39 is 0 Å². The van der Waals surface area contributed by atoms with Crippen LogP contribution in [0, 0.1) is 18.3 Å². The van der Waals surface area contributed by atoms with Gasteiger partial charge in [0.15, 0.2) is 0 Å². The van der Waals surface area contributed by atoms with Gasteiger partial charge in [-0.05, 0) is 30.7 Å². The minimum Gasteiger partial charge on any atom is -0.334 e. The summed E-state index contributed by atoms with van der Waals surface area (Å²) < 4.78 is 0. The highest BCUT2D eigenvalue weighted by Gasteiger charge is 2.05. The number of nitrogens with one attached hydrogen (secondary N) is 2. The summed E-state index contributed by atoms with van der Waals surface area (Å²) in [5.74, 6) is 0. The topological polar surface area (TPSA) is 64.9 Å². The Labute approximate surface area is 128 Å². The molecular formula is C16H14ClN3O. The third kappa shape index (κ3) is 4.23.